The molecular weight excluding hydrogens is 362 g/mol. The second kappa shape index (κ2) is 7.56. The molecule has 1 fully saturated rings. The highest BCUT2D eigenvalue weighted by Gasteiger charge is 2.23. The third kappa shape index (κ3) is 3.62. The summed E-state index contributed by atoms with van der Waals surface area (Å²) in [5.74, 6) is 0.659. The van der Waals surface area contributed by atoms with Crippen molar-refractivity contribution in [2.75, 3.05) is 10.6 Å². The van der Waals surface area contributed by atoms with Crippen molar-refractivity contribution in [2.24, 2.45) is 0 Å². The van der Waals surface area contributed by atoms with Gasteiger partial charge in [-0.3, -0.25) is 0 Å². The number of nitrogens with one attached hydrogen (secondary N) is 2. The van der Waals surface area contributed by atoms with Crippen LogP contribution < -0.4 is 10.6 Å². The Morgan fingerprint density at radius 2 is 2.04 bits per heavy atom. The Kier molecular flexibility index (Phi) is 4.99. The molecule has 3 aromatic rings. The van der Waals surface area contributed by atoms with Gasteiger partial charge in [0.1, 0.15) is 16.8 Å². The van der Waals surface area contributed by atoms with Crippen molar-refractivity contribution in [3.05, 3.63) is 46.3 Å². The van der Waals surface area contributed by atoms with Gasteiger partial charge in [-0.25, -0.2) is 4.52 Å². The predicted octanol–water partition coefficient (Wildman–Crippen LogP) is 3.09. The number of aromatic nitrogens is 2. The number of rotatable bonds is 5. The van der Waals surface area contributed by atoms with E-state index in [2.05, 4.69) is 21.8 Å². The summed E-state index contributed by atoms with van der Waals surface area (Å²) in [5, 5.41) is 42.6. The third-order valence-electron chi connectivity index (χ3n) is 4.94. The molecule has 0 amide bonds. The van der Waals surface area contributed by atoms with Gasteiger partial charge in [-0.2, -0.15) is 10.4 Å². The van der Waals surface area contributed by atoms with E-state index in [1.165, 1.54) is 11.3 Å². The minimum Gasteiger partial charge on any atom is -0.391 e. The molecule has 0 radical (unpaired) electrons. The van der Waals surface area contributed by atoms with Gasteiger partial charge in [0.15, 0.2) is 6.23 Å². The third-order valence-corrected chi connectivity index (χ3v) is 5.75. The van der Waals surface area contributed by atoms with E-state index in [0.717, 1.165) is 31.2 Å². The fourth-order valence-corrected chi connectivity index (χ4v) is 4.14. The van der Waals surface area contributed by atoms with E-state index in [9.17, 15) is 10.2 Å². The first kappa shape index (κ1) is 17.8. The lowest BCUT2D eigenvalue weighted by Gasteiger charge is -2.28. The minimum absolute atomic E-state index is 0.00486. The Morgan fingerprint density at radius 3 is 2.85 bits per heavy atom. The Hall–Kier alpha value is -2.60. The maximum atomic E-state index is 10.6. The Bertz CT molecular complexity index is 976. The predicted molar refractivity (Wildman–Crippen MR) is 105 cm³/mol. The Balaban J connectivity index is 1.57. The number of hydrogen-bond acceptors (Lipinski definition) is 7. The Morgan fingerprint density at radius 1 is 1.22 bits per heavy atom. The number of anilines is 2. The highest BCUT2D eigenvalue weighted by molar-refractivity contribution is 7.11. The molecule has 140 valence electrons. The molecule has 27 heavy (non-hydrogen) atoms. The van der Waals surface area contributed by atoms with Crippen LogP contribution in [-0.4, -0.2) is 32.0 Å². The molecule has 0 spiro atoms. The molecule has 1 aliphatic rings. The number of aliphatic hydroxyl groups is 2. The van der Waals surface area contributed by atoms with Crippen LogP contribution in [0.25, 0.3) is 5.52 Å². The molecule has 4 N–H and O–H groups in total. The van der Waals surface area contributed by atoms with Crippen LogP contribution in [0.2, 0.25) is 0 Å². The maximum absolute atomic E-state index is 10.6. The van der Waals surface area contributed by atoms with Gasteiger partial charge >= 0.3 is 0 Å². The summed E-state index contributed by atoms with van der Waals surface area (Å²) < 4.78 is 1.67. The first-order valence-corrected chi connectivity index (χ1v) is 9.89. The number of fused-ring (bicyclic) bond motifs is 1. The number of thiophene rings is 1. The summed E-state index contributed by atoms with van der Waals surface area (Å²) >= 11 is 1.32. The number of aliphatic hydroxyl groups excluding tert-OH is 2. The highest BCUT2D eigenvalue weighted by atomic mass is 32.1. The Labute approximate surface area is 160 Å². The van der Waals surface area contributed by atoms with E-state index in [1.807, 2.05) is 18.2 Å². The normalized spacial score (nSPS) is 20.9. The lowest BCUT2D eigenvalue weighted by atomic mass is 9.93. The zero-order chi connectivity index (χ0) is 18.8. The molecule has 8 heteroatoms. The lowest BCUT2D eigenvalue weighted by molar-refractivity contribution is 0.116. The van der Waals surface area contributed by atoms with Crippen LogP contribution in [0.4, 0.5) is 11.5 Å². The summed E-state index contributed by atoms with van der Waals surface area (Å²) in [6, 6.07) is 11.4. The summed E-state index contributed by atoms with van der Waals surface area (Å²) in [4.78, 5) is 0.525. The van der Waals surface area contributed by atoms with Crippen LogP contribution in [0.5, 0.6) is 0 Å². The molecule has 0 aliphatic heterocycles. The van der Waals surface area contributed by atoms with Crippen molar-refractivity contribution < 1.29 is 10.2 Å². The SMILES string of the molecule is N#Cc1sccc1NC(O)c1ccc2ccc(N[C@@H]3CCCC[C@@H]3O)nn12. The van der Waals surface area contributed by atoms with Crippen LogP contribution in [0.1, 0.15) is 42.5 Å². The fourth-order valence-electron chi connectivity index (χ4n) is 3.49. The molecular formula is C19H21N5O2S. The maximum Gasteiger partial charge on any atom is 0.168 e. The van der Waals surface area contributed by atoms with Crippen molar-refractivity contribution >= 4 is 28.4 Å². The van der Waals surface area contributed by atoms with Gasteiger partial charge < -0.3 is 20.8 Å². The van der Waals surface area contributed by atoms with Gasteiger partial charge in [-0.1, -0.05) is 12.8 Å². The van der Waals surface area contributed by atoms with Crippen molar-refractivity contribution in [1.82, 2.24) is 9.61 Å². The van der Waals surface area contributed by atoms with Crippen LogP contribution in [-0.2, 0) is 0 Å². The van der Waals surface area contributed by atoms with Crippen molar-refractivity contribution in [3.8, 4) is 6.07 Å². The summed E-state index contributed by atoms with van der Waals surface area (Å²) in [5.41, 5.74) is 2.03. The topological polar surface area (TPSA) is 106 Å². The van der Waals surface area contributed by atoms with Gasteiger partial charge in [0.25, 0.3) is 0 Å². The molecule has 0 bridgehead atoms. The van der Waals surface area contributed by atoms with E-state index in [4.69, 9.17) is 5.26 Å². The van der Waals surface area contributed by atoms with Gasteiger partial charge in [0, 0.05) is 0 Å². The minimum atomic E-state index is -1.00. The second-order valence-electron chi connectivity index (χ2n) is 6.74. The standard InChI is InChI=1S/C19H21N5O2S/c20-11-17-14(9-10-27-17)22-19(26)15-7-5-12-6-8-18(23-24(12)15)21-13-3-1-2-4-16(13)25/h5-10,13,16,19,22,25-26H,1-4H2,(H,21,23)/t13-,16+,19?/m1/s1. The molecule has 1 saturated carbocycles. The molecule has 3 aromatic heterocycles. The monoisotopic (exact) mass is 383 g/mol. The van der Waals surface area contributed by atoms with Gasteiger partial charge in [-0.05, 0) is 48.6 Å². The molecule has 3 atom stereocenters. The summed E-state index contributed by atoms with van der Waals surface area (Å²) in [7, 11) is 0. The smallest absolute Gasteiger partial charge is 0.168 e. The van der Waals surface area contributed by atoms with Crippen molar-refractivity contribution in [3.63, 3.8) is 0 Å². The van der Waals surface area contributed by atoms with E-state index < -0.39 is 6.23 Å². The molecule has 0 saturated heterocycles. The number of nitriles is 1. The van der Waals surface area contributed by atoms with Crippen molar-refractivity contribution in [2.45, 2.75) is 44.1 Å². The largest absolute Gasteiger partial charge is 0.391 e. The van der Waals surface area contributed by atoms with Gasteiger partial charge in [0.2, 0.25) is 0 Å². The quantitative estimate of drug-likeness (QED) is 0.505. The molecule has 3 heterocycles. The summed E-state index contributed by atoms with van der Waals surface area (Å²) in [6.45, 7) is 0. The average molecular weight is 383 g/mol. The second-order valence-corrected chi connectivity index (χ2v) is 7.65. The van der Waals surface area contributed by atoms with E-state index in [-0.39, 0.29) is 12.1 Å². The van der Waals surface area contributed by atoms with Crippen molar-refractivity contribution in [1.29, 1.82) is 5.26 Å². The average Bonchev–Trinajstić information content (AvgIpc) is 3.29. The van der Waals surface area contributed by atoms with E-state index in [1.54, 1.807) is 22.0 Å². The fraction of sp³-hybridized carbons (Fsp3) is 0.368. The first-order chi connectivity index (χ1) is 13.2. The molecule has 1 unspecified atom stereocenters. The zero-order valence-electron chi connectivity index (χ0n) is 14.7. The van der Waals surface area contributed by atoms with E-state index >= 15 is 0 Å². The van der Waals surface area contributed by atoms with Crippen LogP contribution in [0.15, 0.2) is 35.7 Å². The van der Waals surface area contributed by atoms with Crippen LogP contribution >= 0.6 is 11.3 Å². The highest BCUT2D eigenvalue weighted by Crippen LogP contribution is 2.26. The zero-order valence-corrected chi connectivity index (χ0v) is 15.5. The van der Waals surface area contributed by atoms with E-state index in [0.29, 0.717) is 22.1 Å². The van der Waals surface area contributed by atoms with Gasteiger partial charge in [0.05, 0.1) is 29.0 Å². The number of hydrogen-bond donors (Lipinski definition) is 4. The van der Waals surface area contributed by atoms with Gasteiger partial charge in [-0.15, -0.1) is 11.3 Å². The lowest BCUT2D eigenvalue weighted by Crippen LogP contribution is -2.36. The molecule has 1 aliphatic carbocycles. The molecule has 7 nitrogen and oxygen atoms in total. The van der Waals surface area contributed by atoms with Crippen LogP contribution in [0, 0.1) is 11.3 Å². The molecule has 4 rings (SSSR count). The number of nitrogens with zero attached hydrogens (tertiary/aromatic N) is 3. The molecule has 0 aromatic carbocycles. The first-order valence-electron chi connectivity index (χ1n) is 9.01. The summed E-state index contributed by atoms with van der Waals surface area (Å²) in [6.07, 6.45) is 2.50. The van der Waals surface area contributed by atoms with Crippen LogP contribution in [0.3, 0.4) is 0 Å².